The van der Waals surface area contributed by atoms with Crippen LogP contribution in [0, 0.1) is 17.8 Å². The number of nitrogens with one attached hydrogen (secondary N) is 2. The Morgan fingerprint density at radius 3 is 1.72 bits per heavy atom. The number of hydrogen-bond donors (Lipinski definition) is 3. The third-order valence-corrected chi connectivity index (χ3v) is 4.00. The van der Waals surface area contributed by atoms with Crippen molar-refractivity contribution in [3.8, 4) is 0 Å². The van der Waals surface area contributed by atoms with Gasteiger partial charge in [-0.2, -0.15) is 0 Å². The molecule has 0 atom stereocenters. The summed E-state index contributed by atoms with van der Waals surface area (Å²) >= 11 is 0. The van der Waals surface area contributed by atoms with E-state index in [1.54, 1.807) is 0 Å². The maximum absolute atomic E-state index is 11.5. The predicted octanol–water partition coefficient (Wildman–Crippen LogP) is 1.59. The molecule has 0 aliphatic heterocycles. The SMILES string of the molecule is O=C(NCC1CC1)NCC1CCC(C(=O)O)CC1. The number of carbonyl (C=O) groups is 2. The third kappa shape index (κ3) is 4.20. The van der Waals surface area contributed by atoms with Crippen LogP contribution in [0.25, 0.3) is 0 Å². The van der Waals surface area contributed by atoms with E-state index in [9.17, 15) is 9.59 Å². The summed E-state index contributed by atoms with van der Waals surface area (Å²) in [5.74, 6) is 0.280. The van der Waals surface area contributed by atoms with Gasteiger partial charge in [-0.25, -0.2) is 4.79 Å². The Morgan fingerprint density at radius 1 is 0.889 bits per heavy atom. The zero-order valence-electron chi connectivity index (χ0n) is 10.7. The fraction of sp³-hybridized carbons (Fsp3) is 0.846. The Kier molecular flexibility index (Phi) is 4.44. The molecule has 18 heavy (non-hydrogen) atoms. The van der Waals surface area contributed by atoms with Gasteiger partial charge >= 0.3 is 12.0 Å². The number of carboxylic acid groups (broad SMARTS) is 1. The van der Waals surface area contributed by atoms with E-state index in [1.807, 2.05) is 0 Å². The number of aliphatic carboxylic acids is 1. The highest BCUT2D eigenvalue weighted by molar-refractivity contribution is 5.73. The molecule has 0 saturated heterocycles. The summed E-state index contributed by atoms with van der Waals surface area (Å²) in [6.07, 6.45) is 5.76. The average Bonchev–Trinajstić information content (AvgIpc) is 3.18. The molecule has 2 fully saturated rings. The van der Waals surface area contributed by atoms with Gasteiger partial charge < -0.3 is 15.7 Å². The van der Waals surface area contributed by atoms with E-state index in [4.69, 9.17) is 5.11 Å². The molecule has 0 spiro atoms. The summed E-state index contributed by atoms with van der Waals surface area (Å²) in [4.78, 5) is 22.3. The first-order chi connectivity index (χ1) is 8.65. The number of urea groups is 1. The number of carboxylic acids is 1. The predicted molar refractivity (Wildman–Crippen MR) is 67.2 cm³/mol. The number of hydrogen-bond acceptors (Lipinski definition) is 2. The molecule has 2 rings (SSSR count). The topological polar surface area (TPSA) is 78.4 Å². The second-order valence-electron chi connectivity index (χ2n) is 5.59. The van der Waals surface area contributed by atoms with Crippen molar-refractivity contribution in [1.82, 2.24) is 10.6 Å². The van der Waals surface area contributed by atoms with Gasteiger partial charge in [0.25, 0.3) is 0 Å². The van der Waals surface area contributed by atoms with Crippen LogP contribution in [0.5, 0.6) is 0 Å². The maximum atomic E-state index is 11.5. The van der Waals surface area contributed by atoms with Gasteiger partial charge in [-0.1, -0.05) is 0 Å². The highest BCUT2D eigenvalue weighted by atomic mass is 16.4. The minimum atomic E-state index is -0.677. The summed E-state index contributed by atoms with van der Waals surface area (Å²) < 4.78 is 0. The van der Waals surface area contributed by atoms with Crippen molar-refractivity contribution in [1.29, 1.82) is 0 Å². The van der Waals surface area contributed by atoms with Crippen molar-refractivity contribution in [2.75, 3.05) is 13.1 Å². The van der Waals surface area contributed by atoms with Crippen LogP contribution >= 0.6 is 0 Å². The first-order valence-electron chi connectivity index (χ1n) is 6.89. The molecule has 2 aliphatic rings. The molecule has 5 nitrogen and oxygen atoms in total. The summed E-state index contributed by atoms with van der Waals surface area (Å²) in [7, 11) is 0. The van der Waals surface area contributed by atoms with Gasteiger partial charge in [-0.3, -0.25) is 4.79 Å². The van der Waals surface area contributed by atoms with Crippen molar-refractivity contribution in [3.63, 3.8) is 0 Å². The average molecular weight is 254 g/mol. The summed E-state index contributed by atoms with van der Waals surface area (Å²) in [5, 5.41) is 14.6. The fourth-order valence-electron chi connectivity index (χ4n) is 2.47. The standard InChI is InChI=1S/C13H22N2O3/c16-12(17)11-5-3-10(4-6-11)8-15-13(18)14-7-9-1-2-9/h9-11H,1-8H2,(H,16,17)(H2,14,15,18). The maximum Gasteiger partial charge on any atom is 0.314 e. The van der Waals surface area contributed by atoms with Gasteiger partial charge in [0.15, 0.2) is 0 Å². The number of carbonyl (C=O) groups excluding carboxylic acids is 1. The van der Waals surface area contributed by atoms with E-state index >= 15 is 0 Å². The largest absolute Gasteiger partial charge is 0.481 e. The lowest BCUT2D eigenvalue weighted by Gasteiger charge is -2.26. The Balaban J connectivity index is 1.56. The van der Waals surface area contributed by atoms with Crippen molar-refractivity contribution >= 4 is 12.0 Å². The molecule has 0 heterocycles. The van der Waals surface area contributed by atoms with Crippen LogP contribution in [0.1, 0.15) is 38.5 Å². The van der Waals surface area contributed by atoms with E-state index in [2.05, 4.69) is 10.6 Å². The van der Waals surface area contributed by atoms with Crippen LogP contribution in [0.2, 0.25) is 0 Å². The lowest BCUT2D eigenvalue weighted by Crippen LogP contribution is -2.40. The van der Waals surface area contributed by atoms with Crippen molar-refractivity contribution in [2.24, 2.45) is 17.8 Å². The molecular formula is C13H22N2O3. The molecule has 0 aromatic carbocycles. The molecule has 0 bridgehead atoms. The van der Waals surface area contributed by atoms with Crippen LogP contribution in [-0.2, 0) is 4.79 Å². The Labute approximate surface area is 107 Å². The first-order valence-corrected chi connectivity index (χ1v) is 6.89. The van der Waals surface area contributed by atoms with Crippen molar-refractivity contribution < 1.29 is 14.7 Å². The van der Waals surface area contributed by atoms with E-state index in [-0.39, 0.29) is 11.9 Å². The lowest BCUT2D eigenvalue weighted by molar-refractivity contribution is -0.143. The summed E-state index contributed by atoms with van der Waals surface area (Å²) in [6, 6.07) is -0.0812. The summed E-state index contributed by atoms with van der Waals surface area (Å²) in [6.45, 7) is 1.46. The molecule has 5 heteroatoms. The van der Waals surface area contributed by atoms with Gasteiger partial charge in [0.05, 0.1) is 5.92 Å². The van der Waals surface area contributed by atoms with Gasteiger partial charge in [0, 0.05) is 13.1 Å². The molecule has 3 N–H and O–H groups in total. The summed E-state index contributed by atoms with van der Waals surface area (Å²) in [5.41, 5.74) is 0. The van der Waals surface area contributed by atoms with E-state index in [0.717, 1.165) is 32.2 Å². The van der Waals surface area contributed by atoms with Crippen LogP contribution in [0.3, 0.4) is 0 Å². The van der Waals surface area contributed by atoms with Crippen molar-refractivity contribution in [2.45, 2.75) is 38.5 Å². The monoisotopic (exact) mass is 254 g/mol. The van der Waals surface area contributed by atoms with E-state index in [1.165, 1.54) is 12.8 Å². The molecule has 0 aromatic heterocycles. The fourth-order valence-corrected chi connectivity index (χ4v) is 2.47. The van der Waals surface area contributed by atoms with Crippen LogP contribution in [0.4, 0.5) is 4.79 Å². The molecule has 0 radical (unpaired) electrons. The lowest BCUT2D eigenvalue weighted by atomic mass is 9.82. The Morgan fingerprint density at radius 2 is 1.33 bits per heavy atom. The highest BCUT2D eigenvalue weighted by Crippen LogP contribution is 2.28. The van der Waals surface area contributed by atoms with Gasteiger partial charge in [-0.05, 0) is 50.4 Å². The Bertz CT molecular complexity index is 307. The van der Waals surface area contributed by atoms with Gasteiger partial charge in [0.2, 0.25) is 0 Å². The zero-order valence-corrected chi connectivity index (χ0v) is 10.7. The minimum Gasteiger partial charge on any atom is -0.481 e. The van der Waals surface area contributed by atoms with E-state index < -0.39 is 5.97 Å². The number of rotatable bonds is 5. The molecule has 2 aliphatic carbocycles. The van der Waals surface area contributed by atoms with E-state index in [0.29, 0.717) is 18.4 Å². The molecule has 102 valence electrons. The van der Waals surface area contributed by atoms with Crippen LogP contribution < -0.4 is 10.6 Å². The quantitative estimate of drug-likeness (QED) is 0.697. The normalized spacial score (nSPS) is 27.6. The zero-order chi connectivity index (χ0) is 13.0. The second-order valence-corrected chi connectivity index (χ2v) is 5.59. The third-order valence-electron chi connectivity index (χ3n) is 4.00. The van der Waals surface area contributed by atoms with Gasteiger partial charge in [0.1, 0.15) is 0 Å². The molecule has 0 aromatic rings. The minimum absolute atomic E-state index is 0.0812. The highest BCUT2D eigenvalue weighted by Gasteiger charge is 2.26. The molecule has 2 amide bonds. The molecule has 2 saturated carbocycles. The van der Waals surface area contributed by atoms with Crippen molar-refractivity contribution in [3.05, 3.63) is 0 Å². The van der Waals surface area contributed by atoms with Crippen LogP contribution in [0.15, 0.2) is 0 Å². The first kappa shape index (κ1) is 13.2. The van der Waals surface area contributed by atoms with Crippen LogP contribution in [-0.4, -0.2) is 30.2 Å². The molecule has 0 unspecified atom stereocenters. The van der Waals surface area contributed by atoms with Gasteiger partial charge in [-0.15, -0.1) is 0 Å². The number of amides is 2. The molecular weight excluding hydrogens is 232 g/mol. The Hall–Kier alpha value is -1.26. The smallest absolute Gasteiger partial charge is 0.314 e. The second kappa shape index (κ2) is 6.07.